The van der Waals surface area contributed by atoms with Crippen molar-refractivity contribution in [2.24, 2.45) is 0 Å². The standard InChI is InChI=1S/C16H16ClNO4S2/c17-13-6-8-15(9-7-13)24(20,21)18-10-11-23-16(19)12-22-14-4-2-1-3-5-14/h1-9,18H,10-12H2. The van der Waals surface area contributed by atoms with Gasteiger partial charge < -0.3 is 4.74 Å². The van der Waals surface area contributed by atoms with Crippen LogP contribution in [-0.4, -0.2) is 32.4 Å². The van der Waals surface area contributed by atoms with Crippen LogP contribution in [0, 0.1) is 0 Å². The van der Waals surface area contributed by atoms with E-state index in [9.17, 15) is 13.2 Å². The monoisotopic (exact) mass is 385 g/mol. The smallest absolute Gasteiger partial charge is 0.240 e. The molecule has 2 aromatic rings. The van der Waals surface area contributed by atoms with Crippen LogP contribution in [0.5, 0.6) is 5.75 Å². The van der Waals surface area contributed by atoms with Gasteiger partial charge in [0, 0.05) is 17.3 Å². The van der Waals surface area contributed by atoms with E-state index in [1.807, 2.05) is 18.2 Å². The Morgan fingerprint density at radius 2 is 1.75 bits per heavy atom. The van der Waals surface area contributed by atoms with Gasteiger partial charge in [0.15, 0.2) is 6.61 Å². The van der Waals surface area contributed by atoms with Crippen LogP contribution in [0.2, 0.25) is 5.02 Å². The zero-order valence-electron chi connectivity index (χ0n) is 12.6. The average Bonchev–Trinajstić information content (AvgIpc) is 2.58. The number of hydrogen-bond acceptors (Lipinski definition) is 5. The molecule has 128 valence electrons. The number of rotatable bonds is 8. The maximum atomic E-state index is 12.0. The van der Waals surface area contributed by atoms with E-state index in [2.05, 4.69) is 4.72 Å². The highest BCUT2D eigenvalue weighted by Crippen LogP contribution is 2.14. The van der Waals surface area contributed by atoms with Crippen LogP contribution in [0.4, 0.5) is 0 Å². The lowest BCUT2D eigenvalue weighted by atomic mass is 10.3. The van der Waals surface area contributed by atoms with E-state index < -0.39 is 10.0 Å². The molecule has 8 heteroatoms. The van der Waals surface area contributed by atoms with E-state index >= 15 is 0 Å². The van der Waals surface area contributed by atoms with E-state index in [4.69, 9.17) is 16.3 Å². The number of hydrogen-bond donors (Lipinski definition) is 1. The highest BCUT2D eigenvalue weighted by molar-refractivity contribution is 8.13. The molecule has 0 saturated carbocycles. The molecule has 0 aromatic heterocycles. The minimum Gasteiger partial charge on any atom is -0.485 e. The lowest BCUT2D eigenvalue weighted by Crippen LogP contribution is -2.26. The molecule has 0 aliphatic carbocycles. The Kier molecular flexibility index (Phi) is 7.11. The fourth-order valence-electron chi connectivity index (χ4n) is 1.74. The predicted octanol–water partition coefficient (Wildman–Crippen LogP) is 2.96. The van der Waals surface area contributed by atoms with E-state index in [0.717, 1.165) is 11.8 Å². The number of sulfonamides is 1. The molecule has 0 bridgehead atoms. The Balaban J connectivity index is 1.70. The quantitative estimate of drug-likeness (QED) is 0.707. The van der Waals surface area contributed by atoms with Gasteiger partial charge in [-0.1, -0.05) is 41.6 Å². The van der Waals surface area contributed by atoms with Crippen LogP contribution in [0.15, 0.2) is 59.5 Å². The van der Waals surface area contributed by atoms with Gasteiger partial charge in [0.25, 0.3) is 0 Å². The van der Waals surface area contributed by atoms with Crippen molar-refractivity contribution in [3.63, 3.8) is 0 Å². The average molecular weight is 386 g/mol. The second-order valence-electron chi connectivity index (χ2n) is 4.67. The maximum absolute atomic E-state index is 12.0. The van der Waals surface area contributed by atoms with E-state index in [-0.39, 0.29) is 23.2 Å². The van der Waals surface area contributed by atoms with Gasteiger partial charge in [-0.3, -0.25) is 4.79 Å². The van der Waals surface area contributed by atoms with E-state index in [1.54, 1.807) is 12.1 Å². The lowest BCUT2D eigenvalue weighted by molar-refractivity contribution is -0.112. The molecule has 0 radical (unpaired) electrons. The zero-order valence-corrected chi connectivity index (χ0v) is 15.0. The molecule has 0 amide bonds. The van der Waals surface area contributed by atoms with Gasteiger partial charge in [-0.05, 0) is 36.4 Å². The molecular weight excluding hydrogens is 370 g/mol. The molecule has 2 rings (SSSR count). The number of para-hydroxylation sites is 1. The van der Waals surface area contributed by atoms with Crippen LogP contribution in [-0.2, 0) is 14.8 Å². The number of carbonyl (C=O) groups is 1. The first-order valence-electron chi connectivity index (χ1n) is 7.06. The highest BCUT2D eigenvalue weighted by atomic mass is 35.5. The first kappa shape index (κ1) is 18.8. The molecule has 0 unspecified atom stereocenters. The molecule has 0 saturated heterocycles. The lowest BCUT2D eigenvalue weighted by Gasteiger charge is -2.07. The van der Waals surface area contributed by atoms with Crippen molar-refractivity contribution in [2.45, 2.75) is 4.90 Å². The summed E-state index contributed by atoms with van der Waals surface area (Å²) >= 11 is 6.75. The molecule has 0 spiro atoms. The van der Waals surface area contributed by atoms with Gasteiger partial charge >= 0.3 is 0 Å². The fourth-order valence-corrected chi connectivity index (χ4v) is 3.60. The summed E-state index contributed by atoms with van der Waals surface area (Å²) in [5.74, 6) is 0.943. The molecule has 24 heavy (non-hydrogen) atoms. The van der Waals surface area contributed by atoms with Gasteiger partial charge in [-0.2, -0.15) is 0 Å². The van der Waals surface area contributed by atoms with Crippen LogP contribution in [0.1, 0.15) is 0 Å². The van der Waals surface area contributed by atoms with Gasteiger partial charge in [-0.15, -0.1) is 0 Å². The SMILES string of the molecule is O=C(COc1ccccc1)SCCNS(=O)(=O)c1ccc(Cl)cc1. The number of nitrogens with one attached hydrogen (secondary N) is 1. The third kappa shape index (κ3) is 6.16. The van der Waals surface area contributed by atoms with Crippen molar-refractivity contribution < 1.29 is 17.9 Å². The predicted molar refractivity (Wildman–Crippen MR) is 96.0 cm³/mol. The van der Waals surface area contributed by atoms with Gasteiger partial charge in [0.1, 0.15) is 5.75 Å². The Morgan fingerprint density at radius 1 is 1.08 bits per heavy atom. The highest BCUT2D eigenvalue weighted by Gasteiger charge is 2.13. The van der Waals surface area contributed by atoms with Gasteiger partial charge in [0.2, 0.25) is 15.1 Å². The number of benzene rings is 2. The fraction of sp³-hybridized carbons (Fsp3) is 0.188. The first-order chi connectivity index (χ1) is 11.5. The van der Waals surface area contributed by atoms with Crippen LogP contribution in [0.25, 0.3) is 0 Å². The molecular formula is C16H16ClNO4S2. The first-order valence-corrected chi connectivity index (χ1v) is 9.91. The summed E-state index contributed by atoms with van der Waals surface area (Å²) in [4.78, 5) is 11.8. The Labute approximate surface area is 150 Å². The molecule has 0 atom stereocenters. The van der Waals surface area contributed by atoms with Crippen LogP contribution < -0.4 is 9.46 Å². The minimum atomic E-state index is -3.59. The van der Waals surface area contributed by atoms with Crippen molar-refractivity contribution in [3.05, 3.63) is 59.6 Å². The summed E-state index contributed by atoms with van der Waals surface area (Å²) in [5, 5.41) is 0.304. The second kappa shape index (κ2) is 9.08. The Hall–Kier alpha value is -1.54. The topological polar surface area (TPSA) is 72.5 Å². The number of ether oxygens (including phenoxy) is 1. The summed E-state index contributed by atoms with van der Waals surface area (Å²) in [6, 6.07) is 14.9. The van der Waals surface area contributed by atoms with E-state index in [0.29, 0.717) is 16.5 Å². The normalized spacial score (nSPS) is 11.2. The van der Waals surface area contributed by atoms with Crippen molar-refractivity contribution in [3.8, 4) is 5.75 Å². The summed E-state index contributed by atoms with van der Waals surface area (Å²) in [5.41, 5.74) is 0. The molecule has 2 aromatic carbocycles. The van der Waals surface area contributed by atoms with Crippen molar-refractivity contribution >= 4 is 38.5 Å². The molecule has 1 N–H and O–H groups in total. The van der Waals surface area contributed by atoms with Gasteiger partial charge in [-0.25, -0.2) is 13.1 Å². The summed E-state index contributed by atoms with van der Waals surface area (Å²) in [7, 11) is -3.59. The third-order valence-corrected chi connectivity index (χ3v) is 5.46. The summed E-state index contributed by atoms with van der Waals surface area (Å²) < 4.78 is 31.8. The van der Waals surface area contributed by atoms with Gasteiger partial charge in [0.05, 0.1) is 4.90 Å². The van der Waals surface area contributed by atoms with E-state index in [1.165, 1.54) is 24.3 Å². The van der Waals surface area contributed by atoms with Crippen LogP contribution in [0.3, 0.4) is 0 Å². The third-order valence-electron chi connectivity index (χ3n) is 2.88. The molecule has 5 nitrogen and oxygen atoms in total. The zero-order chi connectivity index (χ0) is 17.4. The molecule has 0 aliphatic heterocycles. The number of carbonyl (C=O) groups excluding carboxylic acids is 1. The maximum Gasteiger partial charge on any atom is 0.240 e. The summed E-state index contributed by atoms with van der Waals surface area (Å²) in [6.45, 7) is 0.0886. The van der Waals surface area contributed by atoms with Crippen molar-refractivity contribution in [1.82, 2.24) is 4.72 Å². The van der Waals surface area contributed by atoms with Crippen molar-refractivity contribution in [1.29, 1.82) is 0 Å². The second-order valence-corrected chi connectivity index (χ2v) is 8.03. The number of halogens is 1. The summed E-state index contributed by atoms with van der Waals surface area (Å²) in [6.07, 6.45) is 0. The molecule has 0 heterocycles. The Morgan fingerprint density at radius 3 is 2.42 bits per heavy atom. The number of thioether (sulfide) groups is 1. The Bertz CT molecular complexity index is 764. The van der Waals surface area contributed by atoms with Crippen molar-refractivity contribution in [2.75, 3.05) is 18.9 Å². The largest absolute Gasteiger partial charge is 0.485 e. The molecule has 0 fully saturated rings. The minimum absolute atomic E-state index is 0.0569. The molecule has 0 aliphatic rings. The van der Waals surface area contributed by atoms with Crippen LogP contribution >= 0.6 is 23.4 Å².